The van der Waals surface area contributed by atoms with E-state index < -0.39 is 11.8 Å². The summed E-state index contributed by atoms with van der Waals surface area (Å²) in [5.41, 5.74) is 3.66. The maximum atomic E-state index is 11.2. The van der Waals surface area contributed by atoms with Gasteiger partial charge in [0.2, 0.25) is 0 Å². The highest BCUT2D eigenvalue weighted by Crippen LogP contribution is 2.26. The van der Waals surface area contributed by atoms with Crippen LogP contribution in [0.4, 0.5) is 0 Å². The Morgan fingerprint density at radius 3 is 2.64 bits per heavy atom. The molecule has 0 aliphatic carbocycles. The molecule has 0 aromatic heterocycles. The summed E-state index contributed by atoms with van der Waals surface area (Å²) in [5, 5.41) is 6.90. The minimum absolute atomic E-state index is 0.329. The number of nitrogens with zero attached hydrogens (tertiary/aromatic N) is 1. The number of likely N-dealkylation sites (N-methyl/N-ethyl adjacent to an activating group) is 1. The van der Waals surface area contributed by atoms with Crippen molar-refractivity contribution in [2.24, 2.45) is 5.10 Å². The molecule has 0 unspecified atom stereocenters. The molecule has 0 saturated carbocycles. The Balaban J connectivity index is 1.95. The molecule has 2 rings (SSSR count). The lowest BCUT2D eigenvalue weighted by Crippen LogP contribution is -2.35. The number of hydrazone groups is 1. The zero-order chi connectivity index (χ0) is 18.2. The second-order valence-electron chi connectivity index (χ2n) is 4.89. The van der Waals surface area contributed by atoms with E-state index in [0.717, 1.165) is 5.56 Å². The largest absolute Gasteiger partial charge is 0.487 e. The van der Waals surface area contributed by atoms with Gasteiger partial charge in [-0.2, -0.15) is 5.10 Å². The molecule has 2 N–H and O–H groups in total. The molecule has 8 heteroatoms. The molecule has 0 radical (unpaired) electrons. The number of rotatable bonds is 5. The third-order valence-electron chi connectivity index (χ3n) is 3.05. The molecule has 0 saturated heterocycles. The zero-order valence-electron chi connectivity index (χ0n) is 13.3. The lowest BCUT2D eigenvalue weighted by Gasteiger charge is -2.09. The smallest absolute Gasteiger partial charge is 0.329 e. The van der Waals surface area contributed by atoms with Gasteiger partial charge in [-0.05, 0) is 41.5 Å². The van der Waals surface area contributed by atoms with E-state index in [1.54, 1.807) is 24.3 Å². The summed E-state index contributed by atoms with van der Waals surface area (Å²) in [6, 6.07) is 12.4. The fourth-order valence-corrected chi connectivity index (χ4v) is 2.29. The van der Waals surface area contributed by atoms with Crippen molar-refractivity contribution in [2.75, 3.05) is 7.05 Å². The Hall–Kier alpha value is -2.57. The van der Waals surface area contributed by atoms with E-state index in [1.165, 1.54) is 13.3 Å². The standard InChI is InChI=1S/C17H15Cl2N3O3/c1-20-16(23)17(24)22-21-9-11-5-6-15(14(19)8-11)25-10-12-3-2-4-13(18)7-12/h2-9H,10H2,1H3,(H,20,23)(H,22,24)/b21-9-. The van der Waals surface area contributed by atoms with Crippen LogP contribution >= 0.6 is 23.2 Å². The van der Waals surface area contributed by atoms with Crippen molar-refractivity contribution in [3.05, 3.63) is 63.6 Å². The summed E-state index contributed by atoms with van der Waals surface area (Å²) in [6.07, 6.45) is 1.37. The summed E-state index contributed by atoms with van der Waals surface area (Å²) in [5.74, 6) is -1.13. The average Bonchev–Trinajstić information content (AvgIpc) is 2.60. The van der Waals surface area contributed by atoms with E-state index in [4.69, 9.17) is 27.9 Å². The van der Waals surface area contributed by atoms with Gasteiger partial charge in [0, 0.05) is 12.1 Å². The van der Waals surface area contributed by atoms with Gasteiger partial charge in [-0.1, -0.05) is 35.3 Å². The minimum Gasteiger partial charge on any atom is -0.487 e. The van der Waals surface area contributed by atoms with Gasteiger partial charge in [-0.15, -0.1) is 0 Å². The molecule has 6 nitrogen and oxygen atoms in total. The van der Waals surface area contributed by atoms with Crippen molar-refractivity contribution in [3.63, 3.8) is 0 Å². The van der Waals surface area contributed by atoms with Gasteiger partial charge in [0.15, 0.2) is 0 Å². The number of ether oxygens (including phenoxy) is 1. The monoisotopic (exact) mass is 379 g/mol. The van der Waals surface area contributed by atoms with Crippen molar-refractivity contribution < 1.29 is 14.3 Å². The molecule has 0 spiro atoms. The molecular formula is C17H15Cl2N3O3. The van der Waals surface area contributed by atoms with E-state index in [9.17, 15) is 9.59 Å². The van der Waals surface area contributed by atoms with E-state index in [1.807, 2.05) is 18.2 Å². The molecule has 130 valence electrons. The van der Waals surface area contributed by atoms with Gasteiger partial charge in [0.25, 0.3) is 0 Å². The topological polar surface area (TPSA) is 79.8 Å². The summed E-state index contributed by atoms with van der Waals surface area (Å²) >= 11 is 12.1. The van der Waals surface area contributed by atoms with E-state index >= 15 is 0 Å². The van der Waals surface area contributed by atoms with Crippen molar-refractivity contribution in [1.82, 2.24) is 10.7 Å². The Bertz CT molecular complexity index is 809. The number of halogens is 2. The van der Waals surface area contributed by atoms with Crippen LogP contribution in [-0.4, -0.2) is 25.1 Å². The predicted molar refractivity (Wildman–Crippen MR) is 97.0 cm³/mol. The van der Waals surface area contributed by atoms with Gasteiger partial charge in [0.05, 0.1) is 11.2 Å². The first-order valence-electron chi connectivity index (χ1n) is 7.21. The molecule has 0 heterocycles. The quantitative estimate of drug-likeness (QED) is 0.476. The molecule has 25 heavy (non-hydrogen) atoms. The fraction of sp³-hybridized carbons (Fsp3) is 0.118. The SMILES string of the molecule is CNC(=O)C(=O)N/N=C\c1ccc(OCc2cccc(Cl)c2)c(Cl)c1. The maximum Gasteiger partial charge on any atom is 0.329 e. The van der Waals surface area contributed by atoms with Crippen molar-refractivity contribution in [2.45, 2.75) is 6.61 Å². The molecule has 0 atom stereocenters. The first-order valence-corrected chi connectivity index (χ1v) is 7.97. The normalized spacial score (nSPS) is 10.5. The van der Waals surface area contributed by atoms with Gasteiger partial charge in [0.1, 0.15) is 12.4 Å². The molecule has 0 bridgehead atoms. The van der Waals surface area contributed by atoms with Crippen LogP contribution in [0.15, 0.2) is 47.6 Å². The number of carbonyl (C=O) groups is 2. The second-order valence-corrected chi connectivity index (χ2v) is 5.73. The van der Waals surface area contributed by atoms with E-state index in [-0.39, 0.29) is 0 Å². The number of nitrogens with one attached hydrogen (secondary N) is 2. The van der Waals surface area contributed by atoms with Crippen LogP contribution in [0.3, 0.4) is 0 Å². The van der Waals surface area contributed by atoms with Crippen LogP contribution in [0.2, 0.25) is 10.0 Å². The van der Waals surface area contributed by atoms with Gasteiger partial charge in [-0.25, -0.2) is 5.43 Å². The molecule has 2 aromatic carbocycles. The number of hydrogen-bond acceptors (Lipinski definition) is 4. The first kappa shape index (κ1) is 18.8. The van der Waals surface area contributed by atoms with Crippen LogP contribution in [0, 0.1) is 0 Å². The third kappa shape index (κ3) is 5.77. The summed E-state index contributed by atoms with van der Waals surface area (Å²) < 4.78 is 5.66. The lowest BCUT2D eigenvalue weighted by atomic mass is 10.2. The van der Waals surface area contributed by atoms with Crippen LogP contribution < -0.4 is 15.5 Å². The Kier molecular flexibility index (Phi) is 6.80. The molecular weight excluding hydrogens is 365 g/mol. The minimum atomic E-state index is -0.855. The van der Waals surface area contributed by atoms with Crippen LogP contribution in [-0.2, 0) is 16.2 Å². The van der Waals surface area contributed by atoms with Crippen molar-refractivity contribution in [3.8, 4) is 5.75 Å². The molecule has 2 amide bonds. The fourth-order valence-electron chi connectivity index (χ4n) is 1.83. The predicted octanol–water partition coefficient (Wildman–Crippen LogP) is 2.77. The van der Waals surface area contributed by atoms with Crippen LogP contribution in [0.25, 0.3) is 0 Å². The average molecular weight is 380 g/mol. The highest BCUT2D eigenvalue weighted by molar-refractivity contribution is 6.35. The summed E-state index contributed by atoms with van der Waals surface area (Å²) in [4.78, 5) is 22.3. The second kappa shape index (κ2) is 9.05. The molecule has 2 aromatic rings. The molecule has 0 fully saturated rings. The van der Waals surface area contributed by atoms with E-state index in [0.29, 0.717) is 28.0 Å². The Labute approximate surface area is 154 Å². The summed E-state index contributed by atoms with van der Waals surface area (Å²) in [7, 11) is 1.35. The van der Waals surface area contributed by atoms with Crippen molar-refractivity contribution in [1.29, 1.82) is 0 Å². The highest BCUT2D eigenvalue weighted by atomic mass is 35.5. The highest BCUT2D eigenvalue weighted by Gasteiger charge is 2.09. The number of benzene rings is 2. The molecule has 0 aliphatic heterocycles. The zero-order valence-corrected chi connectivity index (χ0v) is 14.8. The number of hydrogen-bond donors (Lipinski definition) is 2. The third-order valence-corrected chi connectivity index (χ3v) is 3.58. The van der Waals surface area contributed by atoms with Gasteiger partial charge >= 0.3 is 11.8 Å². The Morgan fingerprint density at radius 2 is 1.96 bits per heavy atom. The number of amides is 2. The van der Waals surface area contributed by atoms with Gasteiger partial charge < -0.3 is 10.1 Å². The van der Waals surface area contributed by atoms with Crippen LogP contribution in [0.5, 0.6) is 5.75 Å². The maximum absolute atomic E-state index is 11.2. The van der Waals surface area contributed by atoms with Gasteiger partial charge in [-0.3, -0.25) is 9.59 Å². The lowest BCUT2D eigenvalue weighted by molar-refractivity contribution is -0.138. The van der Waals surface area contributed by atoms with Crippen molar-refractivity contribution >= 4 is 41.2 Å². The van der Waals surface area contributed by atoms with E-state index in [2.05, 4.69) is 15.8 Å². The summed E-state index contributed by atoms with van der Waals surface area (Å²) in [6.45, 7) is 0.329. The number of carbonyl (C=O) groups excluding carboxylic acids is 2. The first-order chi connectivity index (χ1) is 12.0. The molecule has 0 aliphatic rings. The van der Waals surface area contributed by atoms with Crippen LogP contribution in [0.1, 0.15) is 11.1 Å². The Morgan fingerprint density at radius 1 is 1.16 bits per heavy atom.